The lowest BCUT2D eigenvalue weighted by Gasteiger charge is -2.15. The standard InChI is InChI=1S/C26H26ClN5O2/c1-17-14-18(22-16-19(27)4-9-24(22)33)15-23-25(17)29-26(31-30-23)28-20-5-7-21(8-6-20)34-13-12-32-10-2-3-11-32/h4-9,14-16,33H,2-3,10-13H2,1H3,(H,28,29,31). The minimum atomic E-state index is 0.158. The molecular weight excluding hydrogens is 450 g/mol. The fourth-order valence-electron chi connectivity index (χ4n) is 4.22. The lowest BCUT2D eigenvalue weighted by molar-refractivity contribution is 0.238. The van der Waals surface area contributed by atoms with Gasteiger partial charge < -0.3 is 15.2 Å². The molecule has 5 rings (SSSR count). The third-order valence-electron chi connectivity index (χ3n) is 6.01. The van der Waals surface area contributed by atoms with Crippen molar-refractivity contribution in [3.8, 4) is 22.6 Å². The quantitative estimate of drug-likeness (QED) is 0.361. The number of phenols is 1. The van der Waals surface area contributed by atoms with E-state index in [0.29, 0.717) is 28.7 Å². The summed E-state index contributed by atoms with van der Waals surface area (Å²) in [7, 11) is 0. The number of nitrogens with zero attached hydrogens (tertiary/aromatic N) is 4. The number of aryl methyl sites for hydroxylation is 1. The maximum Gasteiger partial charge on any atom is 0.247 e. The minimum absolute atomic E-state index is 0.158. The van der Waals surface area contributed by atoms with Gasteiger partial charge in [-0.3, -0.25) is 4.90 Å². The van der Waals surface area contributed by atoms with E-state index in [9.17, 15) is 5.11 Å². The number of phenolic OH excluding ortho intramolecular Hbond substituents is 1. The van der Waals surface area contributed by atoms with E-state index >= 15 is 0 Å². The fraction of sp³-hybridized carbons (Fsp3) is 0.269. The third kappa shape index (κ3) is 5.05. The number of likely N-dealkylation sites (tertiary alicyclic amines) is 1. The molecule has 1 aromatic heterocycles. The van der Waals surface area contributed by atoms with Crippen LogP contribution in [0.25, 0.3) is 22.2 Å². The molecule has 7 nitrogen and oxygen atoms in total. The molecule has 1 fully saturated rings. The number of benzene rings is 3. The van der Waals surface area contributed by atoms with E-state index in [2.05, 4.69) is 25.4 Å². The Balaban J connectivity index is 1.28. The second-order valence-corrected chi connectivity index (χ2v) is 8.94. The molecule has 0 amide bonds. The average Bonchev–Trinajstić information content (AvgIpc) is 3.36. The second-order valence-electron chi connectivity index (χ2n) is 8.50. The summed E-state index contributed by atoms with van der Waals surface area (Å²) in [4.78, 5) is 7.08. The molecule has 0 saturated carbocycles. The van der Waals surface area contributed by atoms with Gasteiger partial charge in [-0.2, -0.15) is 0 Å². The molecule has 8 heteroatoms. The highest BCUT2D eigenvalue weighted by Crippen LogP contribution is 2.34. The van der Waals surface area contributed by atoms with Crippen LogP contribution in [0.1, 0.15) is 18.4 Å². The number of aromatic hydroxyl groups is 1. The number of ether oxygens (including phenoxy) is 1. The smallest absolute Gasteiger partial charge is 0.247 e. The van der Waals surface area contributed by atoms with Gasteiger partial charge in [-0.05, 0) is 98.6 Å². The van der Waals surface area contributed by atoms with E-state index < -0.39 is 0 Å². The normalized spacial score (nSPS) is 13.9. The molecule has 1 aliphatic rings. The molecule has 0 spiro atoms. The molecule has 0 bridgehead atoms. The predicted molar refractivity (Wildman–Crippen MR) is 135 cm³/mol. The number of hydrogen-bond donors (Lipinski definition) is 2. The van der Waals surface area contributed by atoms with Gasteiger partial charge in [0, 0.05) is 22.8 Å². The lowest BCUT2D eigenvalue weighted by Crippen LogP contribution is -2.25. The van der Waals surface area contributed by atoms with E-state index in [0.717, 1.165) is 34.6 Å². The molecule has 174 valence electrons. The van der Waals surface area contributed by atoms with E-state index in [1.165, 1.54) is 25.9 Å². The van der Waals surface area contributed by atoms with Crippen LogP contribution in [-0.2, 0) is 0 Å². The Morgan fingerprint density at radius 2 is 1.82 bits per heavy atom. The molecule has 0 aliphatic carbocycles. The van der Waals surface area contributed by atoms with Crippen LogP contribution in [0, 0.1) is 6.92 Å². The Morgan fingerprint density at radius 1 is 1.03 bits per heavy atom. The molecule has 0 unspecified atom stereocenters. The van der Waals surface area contributed by atoms with Gasteiger partial charge in [0.15, 0.2) is 0 Å². The van der Waals surface area contributed by atoms with Gasteiger partial charge in [0.05, 0.1) is 5.52 Å². The molecular formula is C26H26ClN5O2. The molecule has 1 aliphatic heterocycles. The first-order valence-electron chi connectivity index (χ1n) is 11.4. The molecule has 2 N–H and O–H groups in total. The van der Waals surface area contributed by atoms with Gasteiger partial charge in [0.25, 0.3) is 0 Å². The first kappa shape index (κ1) is 22.4. The van der Waals surface area contributed by atoms with Gasteiger partial charge in [0.2, 0.25) is 5.95 Å². The number of rotatable bonds is 7. The van der Waals surface area contributed by atoms with Crippen molar-refractivity contribution in [2.24, 2.45) is 0 Å². The molecule has 3 aromatic carbocycles. The van der Waals surface area contributed by atoms with E-state index in [1.54, 1.807) is 18.2 Å². The van der Waals surface area contributed by atoms with Crippen LogP contribution in [0.5, 0.6) is 11.5 Å². The topological polar surface area (TPSA) is 83.4 Å². The van der Waals surface area contributed by atoms with Crippen molar-refractivity contribution in [2.45, 2.75) is 19.8 Å². The van der Waals surface area contributed by atoms with Crippen LogP contribution >= 0.6 is 11.6 Å². The number of halogens is 1. The van der Waals surface area contributed by atoms with E-state index in [4.69, 9.17) is 16.3 Å². The SMILES string of the molecule is Cc1cc(-c2cc(Cl)ccc2O)cc2nnc(Nc3ccc(OCCN4CCCC4)cc3)nc12. The molecule has 0 radical (unpaired) electrons. The van der Waals surface area contributed by atoms with Crippen molar-refractivity contribution >= 4 is 34.3 Å². The summed E-state index contributed by atoms with van der Waals surface area (Å²) in [5.74, 6) is 1.41. The van der Waals surface area contributed by atoms with Crippen LogP contribution in [-0.4, -0.2) is 51.4 Å². The van der Waals surface area contributed by atoms with Crippen molar-refractivity contribution in [3.63, 3.8) is 0 Å². The van der Waals surface area contributed by atoms with Crippen LogP contribution in [0.3, 0.4) is 0 Å². The minimum Gasteiger partial charge on any atom is -0.507 e. The Hall–Kier alpha value is -3.42. The Bertz CT molecular complexity index is 1310. The number of nitrogens with one attached hydrogen (secondary N) is 1. The van der Waals surface area contributed by atoms with Crippen molar-refractivity contribution in [1.82, 2.24) is 20.1 Å². The Morgan fingerprint density at radius 3 is 2.62 bits per heavy atom. The molecule has 4 aromatic rings. The van der Waals surface area contributed by atoms with Crippen molar-refractivity contribution in [3.05, 3.63) is 65.2 Å². The fourth-order valence-corrected chi connectivity index (χ4v) is 4.39. The van der Waals surface area contributed by atoms with Crippen LogP contribution in [0.15, 0.2) is 54.6 Å². The Kier molecular flexibility index (Phi) is 6.47. The summed E-state index contributed by atoms with van der Waals surface area (Å²) >= 11 is 6.11. The maximum absolute atomic E-state index is 10.2. The summed E-state index contributed by atoms with van der Waals surface area (Å²) < 4.78 is 5.87. The predicted octanol–water partition coefficient (Wildman–Crippen LogP) is 5.58. The highest BCUT2D eigenvalue weighted by molar-refractivity contribution is 6.31. The van der Waals surface area contributed by atoms with Crippen molar-refractivity contribution < 1.29 is 9.84 Å². The molecule has 1 saturated heterocycles. The van der Waals surface area contributed by atoms with Gasteiger partial charge in [-0.15, -0.1) is 10.2 Å². The number of anilines is 2. The van der Waals surface area contributed by atoms with Crippen molar-refractivity contribution in [1.29, 1.82) is 0 Å². The highest BCUT2D eigenvalue weighted by atomic mass is 35.5. The zero-order valence-electron chi connectivity index (χ0n) is 19.0. The van der Waals surface area contributed by atoms with Crippen LogP contribution in [0.4, 0.5) is 11.6 Å². The van der Waals surface area contributed by atoms with Gasteiger partial charge in [-0.1, -0.05) is 11.6 Å². The Labute approximate surface area is 203 Å². The number of hydrogen-bond acceptors (Lipinski definition) is 7. The number of fused-ring (bicyclic) bond motifs is 1. The third-order valence-corrected chi connectivity index (χ3v) is 6.24. The largest absolute Gasteiger partial charge is 0.507 e. The van der Waals surface area contributed by atoms with Crippen LogP contribution < -0.4 is 10.1 Å². The highest BCUT2D eigenvalue weighted by Gasteiger charge is 2.12. The van der Waals surface area contributed by atoms with Gasteiger partial charge in [-0.25, -0.2) is 4.98 Å². The van der Waals surface area contributed by atoms with E-state index in [1.807, 2.05) is 43.3 Å². The summed E-state index contributed by atoms with van der Waals surface area (Å²) in [6.45, 7) is 5.97. The zero-order chi connectivity index (χ0) is 23.5. The van der Waals surface area contributed by atoms with E-state index in [-0.39, 0.29) is 5.75 Å². The first-order valence-corrected chi connectivity index (χ1v) is 11.8. The summed E-state index contributed by atoms with van der Waals surface area (Å²) in [6, 6.07) is 16.5. The van der Waals surface area contributed by atoms with Crippen molar-refractivity contribution in [2.75, 3.05) is 31.6 Å². The first-order chi connectivity index (χ1) is 16.5. The summed E-state index contributed by atoms with van der Waals surface area (Å²) in [6.07, 6.45) is 2.58. The summed E-state index contributed by atoms with van der Waals surface area (Å²) in [5.41, 5.74) is 4.61. The summed E-state index contributed by atoms with van der Waals surface area (Å²) in [5, 5.41) is 22.6. The maximum atomic E-state index is 10.2. The van der Waals surface area contributed by atoms with Gasteiger partial charge in [0.1, 0.15) is 23.6 Å². The molecule has 34 heavy (non-hydrogen) atoms. The van der Waals surface area contributed by atoms with Gasteiger partial charge >= 0.3 is 0 Å². The molecule has 2 heterocycles. The second kappa shape index (κ2) is 9.83. The monoisotopic (exact) mass is 475 g/mol. The lowest BCUT2D eigenvalue weighted by atomic mass is 10.0. The van der Waals surface area contributed by atoms with Crippen LogP contribution in [0.2, 0.25) is 5.02 Å². The average molecular weight is 476 g/mol. The number of aromatic nitrogens is 3. The zero-order valence-corrected chi connectivity index (χ0v) is 19.7. The molecule has 0 atom stereocenters.